The third-order valence-corrected chi connectivity index (χ3v) is 3.91. The van der Waals surface area contributed by atoms with E-state index in [1.54, 1.807) is 15.4 Å². The lowest BCUT2D eigenvalue weighted by Gasteiger charge is -2.19. The number of aliphatic imine (C=N–C) groups is 2. The lowest BCUT2D eigenvalue weighted by molar-refractivity contribution is 0.232. The first-order valence-electron chi connectivity index (χ1n) is 7.13. The van der Waals surface area contributed by atoms with E-state index in [9.17, 15) is 9.90 Å². The van der Waals surface area contributed by atoms with Crippen LogP contribution in [0.5, 0.6) is 0 Å². The summed E-state index contributed by atoms with van der Waals surface area (Å²) in [6, 6.07) is 0. The van der Waals surface area contributed by atoms with E-state index in [2.05, 4.69) is 9.98 Å². The third-order valence-electron chi connectivity index (χ3n) is 3.91. The second-order valence-corrected chi connectivity index (χ2v) is 5.29. The average molecular weight is 301 g/mol. The molecule has 1 aromatic heterocycles. The molecule has 22 heavy (non-hydrogen) atoms. The van der Waals surface area contributed by atoms with Crippen LogP contribution >= 0.6 is 0 Å². The molecule has 2 aliphatic heterocycles. The number of nitrogen functional groups attached to an aromatic ring is 1. The molecule has 0 radical (unpaired) electrons. The van der Waals surface area contributed by atoms with E-state index >= 15 is 0 Å². The van der Waals surface area contributed by atoms with Gasteiger partial charge < -0.3 is 15.6 Å². The highest BCUT2D eigenvalue weighted by Crippen LogP contribution is 2.25. The number of aliphatic hydroxyl groups is 1. The predicted octanol–water partition coefficient (Wildman–Crippen LogP) is 0.519. The summed E-state index contributed by atoms with van der Waals surface area (Å²) in [5.41, 5.74) is 6.77. The van der Waals surface area contributed by atoms with Crippen molar-refractivity contribution in [3.8, 4) is 0 Å². The predicted molar refractivity (Wildman–Crippen MR) is 81.9 cm³/mol. The zero-order chi connectivity index (χ0) is 15.3. The number of ether oxygens (including phenoxy) is 1. The van der Waals surface area contributed by atoms with E-state index in [4.69, 9.17) is 10.5 Å². The topological polar surface area (TPSA) is 107 Å². The SMILES string of the molecule is Nc1c(N=C2C=C3OCCN=C3C=C2O)c(=O)n2n1CCC2. The molecular weight excluding hydrogens is 286 g/mol. The van der Waals surface area contributed by atoms with Gasteiger partial charge in [-0.2, -0.15) is 0 Å². The Kier molecular flexibility index (Phi) is 2.72. The van der Waals surface area contributed by atoms with Crippen LogP contribution in [0.2, 0.25) is 0 Å². The van der Waals surface area contributed by atoms with Gasteiger partial charge >= 0.3 is 0 Å². The lowest BCUT2D eigenvalue weighted by Crippen LogP contribution is -2.21. The summed E-state index contributed by atoms with van der Waals surface area (Å²) in [5, 5.41) is 10.1. The van der Waals surface area contributed by atoms with Crippen LogP contribution in [0.15, 0.2) is 38.4 Å². The van der Waals surface area contributed by atoms with Crippen LogP contribution in [0.1, 0.15) is 6.42 Å². The second-order valence-electron chi connectivity index (χ2n) is 5.29. The van der Waals surface area contributed by atoms with Crippen molar-refractivity contribution in [2.24, 2.45) is 9.98 Å². The molecule has 0 saturated heterocycles. The standard InChI is InChI=1S/C14H15N5O3/c15-13-12(14(21)19-4-1-3-18(13)19)17-8-7-11-9(6-10(8)20)16-2-5-22-11/h6-7,20H,1-5,15H2. The van der Waals surface area contributed by atoms with Gasteiger partial charge in [0.1, 0.15) is 29.5 Å². The monoisotopic (exact) mass is 301 g/mol. The van der Waals surface area contributed by atoms with Crippen LogP contribution in [0, 0.1) is 0 Å². The van der Waals surface area contributed by atoms with Crippen molar-refractivity contribution in [1.82, 2.24) is 9.36 Å². The number of hydrogen-bond acceptors (Lipinski definition) is 6. The normalized spacial score (nSPS) is 21.6. The minimum Gasteiger partial charge on any atom is -0.506 e. The van der Waals surface area contributed by atoms with E-state index in [-0.39, 0.29) is 22.7 Å². The van der Waals surface area contributed by atoms with Gasteiger partial charge in [-0.25, -0.2) is 9.67 Å². The zero-order valence-electron chi connectivity index (χ0n) is 11.8. The van der Waals surface area contributed by atoms with Crippen molar-refractivity contribution >= 4 is 22.9 Å². The van der Waals surface area contributed by atoms with Crippen LogP contribution in [0.25, 0.3) is 0 Å². The molecule has 114 valence electrons. The second kappa shape index (κ2) is 4.62. The fourth-order valence-electron chi connectivity index (χ4n) is 2.85. The molecule has 0 bridgehead atoms. The fraction of sp³-hybridized carbons (Fsp3) is 0.357. The van der Waals surface area contributed by atoms with Gasteiger partial charge in [-0.15, -0.1) is 0 Å². The van der Waals surface area contributed by atoms with E-state index < -0.39 is 0 Å². The van der Waals surface area contributed by atoms with Crippen molar-refractivity contribution in [2.45, 2.75) is 19.5 Å². The molecule has 0 amide bonds. The molecule has 3 aliphatic rings. The Morgan fingerprint density at radius 1 is 1.32 bits per heavy atom. The first-order valence-corrected chi connectivity index (χ1v) is 7.13. The Hall–Kier alpha value is -2.77. The van der Waals surface area contributed by atoms with Crippen LogP contribution in [-0.2, 0) is 17.8 Å². The molecule has 4 rings (SSSR count). The Morgan fingerprint density at radius 3 is 2.95 bits per heavy atom. The van der Waals surface area contributed by atoms with E-state index in [0.29, 0.717) is 43.5 Å². The lowest BCUT2D eigenvalue weighted by atomic mass is 10.1. The summed E-state index contributed by atoms with van der Waals surface area (Å²) in [6.07, 6.45) is 3.96. The maximum Gasteiger partial charge on any atom is 0.294 e. The Balaban J connectivity index is 1.81. The van der Waals surface area contributed by atoms with Gasteiger partial charge in [0.15, 0.2) is 11.5 Å². The van der Waals surface area contributed by atoms with Gasteiger partial charge in [0.2, 0.25) is 0 Å². The number of nitrogens with two attached hydrogens (primary N) is 1. The first kappa shape index (κ1) is 12.9. The first-order chi connectivity index (χ1) is 10.6. The zero-order valence-corrected chi connectivity index (χ0v) is 11.8. The van der Waals surface area contributed by atoms with Gasteiger partial charge in [0, 0.05) is 25.2 Å². The van der Waals surface area contributed by atoms with Crippen molar-refractivity contribution in [3.63, 3.8) is 0 Å². The van der Waals surface area contributed by atoms with E-state index in [1.165, 1.54) is 6.08 Å². The minimum absolute atomic E-state index is 0.0526. The van der Waals surface area contributed by atoms with Crippen LogP contribution in [-0.4, -0.2) is 39.0 Å². The van der Waals surface area contributed by atoms with E-state index in [1.807, 2.05) is 0 Å². The number of aliphatic hydroxyl groups excluding tert-OH is 1. The molecule has 1 aliphatic carbocycles. The number of anilines is 1. The van der Waals surface area contributed by atoms with Crippen molar-refractivity contribution < 1.29 is 9.84 Å². The molecule has 0 fully saturated rings. The molecule has 1 aromatic rings. The fourth-order valence-corrected chi connectivity index (χ4v) is 2.85. The average Bonchev–Trinajstić information content (AvgIpc) is 3.08. The summed E-state index contributed by atoms with van der Waals surface area (Å²) in [5.74, 6) is 0.821. The summed E-state index contributed by atoms with van der Waals surface area (Å²) in [4.78, 5) is 20.8. The van der Waals surface area contributed by atoms with Gasteiger partial charge in [-0.3, -0.25) is 14.5 Å². The molecule has 0 aromatic carbocycles. The molecule has 8 nitrogen and oxygen atoms in total. The van der Waals surface area contributed by atoms with Crippen LogP contribution in [0.3, 0.4) is 0 Å². The molecule has 8 heteroatoms. The highest BCUT2D eigenvalue weighted by atomic mass is 16.5. The largest absolute Gasteiger partial charge is 0.506 e. The maximum atomic E-state index is 12.3. The maximum absolute atomic E-state index is 12.3. The smallest absolute Gasteiger partial charge is 0.294 e. The van der Waals surface area contributed by atoms with Crippen molar-refractivity contribution in [2.75, 3.05) is 18.9 Å². The number of nitrogens with zero attached hydrogens (tertiary/aromatic N) is 4. The molecular formula is C14H15N5O3. The number of hydrogen-bond donors (Lipinski definition) is 2. The number of fused-ring (bicyclic) bond motifs is 2. The Labute approximate surface area is 125 Å². The number of allylic oxidation sites excluding steroid dienone is 2. The van der Waals surface area contributed by atoms with E-state index in [0.717, 1.165) is 6.42 Å². The Morgan fingerprint density at radius 2 is 2.14 bits per heavy atom. The molecule has 3 N–H and O–H groups in total. The quantitative estimate of drug-likeness (QED) is 0.737. The van der Waals surface area contributed by atoms with Gasteiger partial charge in [-0.1, -0.05) is 0 Å². The molecule has 0 spiro atoms. The Bertz CT molecular complexity index is 837. The van der Waals surface area contributed by atoms with Crippen molar-refractivity contribution in [1.29, 1.82) is 0 Å². The molecule has 0 saturated carbocycles. The number of aromatic nitrogens is 2. The summed E-state index contributed by atoms with van der Waals surface area (Å²) < 4.78 is 8.80. The molecule has 0 unspecified atom stereocenters. The van der Waals surface area contributed by atoms with Gasteiger partial charge in [-0.05, 0) is 6.42 Å². The minimum atomic E-state index is -0.238. The number of rotatable bonds is 1. The summed E-state index contributed by atoms with van der Waals surface area (Å²) in [6.45, 7) is 2.39. The summed E-state index contributed by atoms with van der Waals surface area (Å²) >= 11 is 0. The third kappa shape index (κ3) is 1.80. The van der Waals surface area contributed by atoms with Crippen LogP contribution in [0.4, 0.5) is 11.5 Å². The molecule has 0 atom stereocenters. The van der Waals surface area contributed by atoms with Crippen LogP contribution < -0.4 is 11.3 Å². The van der Waals surface area contributed by atoms with Gasteiger partial charge in [0.25, 0.3) is 5.56 Å². The van der Waals surface area contributed by atoms with Gasteiger partial charge in [0.05, 0.1) is 6.54 Å². The molecule has 3 heterocycles. The summed E-state index contributed by atoms with van der Waals surface area (Å²) in [7, 11) is 0. The highest BCUT2D eigenvalue weighted by Gasteiger charge is 2.24. The van der Waals surface area contributed by atoms with Crippen molar-refractivity contribution in [3.05, 3.63) is 34.0 Å². The highest BCUT2D eigenvalue weighted by molar-refractivity contribution is 6.22.